The zero-order chi connectivity index (χ0) is 18.1. The summed E-state index contributed by atoms with van der Waals surface area (Å²) in [5, 5.41) is 22.5. The molecule has 2 unspecified atom stereocenters. The Balaban J connectivity index is 1.98. The number of ether oxygens (including phenoxy) is 1. The van der Waals surface area contributed by atoms with Crippen molar-refractivity contribution in [1.29, 1.82) is 0 Å². The summed E-state index contributed by atoms with van der Waals surface area (Å²) < 4.78 is 5.72. The minimum atomic E-state index is -2.18. The summed E-state index contributed by atoms with van der Waals surface area (Å²) in [7, 11) is 0. The van der Waals surface area contributed by atoms with Crippen molar-refractivity contribution in [3.05, 3.63) is 68.8 Å². The highest BCUT2D eigenvalue weighted by molar-refractivity contribution is 6.41. The molecule has 0 spiro atoms. The monoisotopic (exact) mass is 359 g/mol. The first kappa shape index (κ1) is 16.1. The topological polar surface area (TPSA) is 89.7 Å². The van der Waals surface area contributed by atoms with Crippen LogP contribution < -0.4 is 4.74 Å². The van der Waals surface area contributed by atoms with Gasteiger partial charge in [0.25, 0.3) is 11.5 Å². The summed E-state index contributed by atoms with van der Waals surface area (Å²) in [6.45, 7) is 4.01. The van der Waals surface area contributed by atoms with Gasteiger partial charge in [0.05, 0.1) is 4.92 Å². The Bertz CT molecular complexity index is 956. The van der Waals surface area contributed by atoms with Crippen molar-refractivity contribution >= 4 is 23.1 Å². The van der Waals surface area contributed by atoms with Gasteiger partial charge in [-0.3, -0.25) is 14.9 Å². The van der Waals surface area contributed by atoms with Crippen LogP contribution in [-0.4, -0.2) is 15.8 Å². The lowest BCUT2D eigenvalue weighted by Crippen LogP contribution is -2.44. The van der Waals surface area contributed by atoms with Gasteiger partial charge in [0.1, 0.15) is 11.3 Å². The van der Waals surface area contributed by atoms with E-state index in [0.717, 1.165) is 5.56 Å². The number of nitrogens with zero attached hydrogens (tertiary/aromatic N) is 1. The highest BCUT2D eigenvalue weighted by Crippen LogP contribution is 2.62. The molecule has 1 heterocycles. The SMILES string of the molecule is CC(C)c1ccc2c(c1)OC1(O)c3cccc([N+](=O)[O-])c3C(=O)C21Cl. The molecule has 0 radical (unpaired) electrons. The predicted octanol–water partition coefficient (Wildman–Crippen LogP) is 3.59. The molecule has 0 amide bonds. The van der Waals surface area contributed by atoms with E-state index in [1.807, 2.05) is 19.9 Å². The molecule has 1 N–H and O–H groups in total. The van der Waals surface area contributed by atoms with Gasteiger partial charge in [-0.05, 0) is 17.5 Å². The van der Waals surface area contributed by atoms with Crippen LogP contribution >= 0.6 is 11.6 Å². The summed E-state index contributed by atoms with van der Waals surface area (Å²) in [4.78, 5) is 21.7. The zero-order valence-electron chi connectivity index (χ0n) is 13.4. The highest BCUT2D eigenvalue weighted by Gasteiger charge is 2.71. The Kier molecular flexibility index (Phi) is 3.08. The molecule has 2 aromatic carbocycles. The van der Waals surface area contributed by atoms with E-state index in [1.54, 1.807) is 12.1 Å². The summed E-state index contributed by atoms with van der Waals surface area (Å²) in [6, 6.07) is 9.24. The molecule has 2 atom stereocenters. The van der Waals surface area contributed by atoms with Crippen LogP contribution in [0.2, 0.25) is 0 Å². The van der Waals surface area contributed by atoms with E-state index in [1.165, 1.54) is 18.2 Å². The number of carbonyl (C=O) groups is 1. The third kappa shape index (κ3) is 1.75. The van der Waals surface area contributed by atoms with Crippen molar-refractivity contribution in [1.82, 2.24) is 0 Å². The molecular weight excluding hydrogens is 346 g/mol. The van der Waals surface area contributed by atoms with Gasteiger partial charge in [0.2, 0.25) is 10.7 Å². The third-order valence-electron chi connectivity index (χ3n) is 4.91. The molecule has 7 heteroatoms. The second-order valence-corrected chi connectivity index (χ2v) is 7.17. The smallest absolute Gasteiger partial charge is 0.280 e. The summed E-state index contributed by atoms with van der Waals surface area (Å²) in [5.74, 6) is -2.37. The van der Waals surface area contributed by atoms with Crippen LogP contribution in [0.15, 0.2) is 36.4 Å². The molecule has 0 aromatic heterocycles. The summed E-state index contributed by atoms with van der Waals surface area (Å²) in [5.41, 5.74) is 0.702. The maximum absolute atomic E-state index is 13.0. The molecule has 1 aliphatic heterocycles. The number of Topliss-reactive ketones (excluding diaryl/α,β-unsaturated/α-hetero) is 1. The predicted molar refractivity (Wildman–Crippen MR) is 90.0 cm³/mol. The van der Waals surface area contributed by atoms with Crippen molar-refractivity contribution < 1.29 is 19.6 Å². The highest BCUT2D eigenvalue weighted by atomic mass is 35.5. The number of fused-ring (bicyclic) bond motifs is 5. The maximum atomic E-state index is 13.0. The number of nitro benzene ring substituents is 1. The first-order valence-electron chi connectivity index (χ1n) is 7.79. The number of halogens is 1. The second-order valence-electron chi connectivity index (χ2n) is 6.60. The molecule has 128 valence electrons. The van der Waals surface area contributed by atoms with Crippen LogP contribution in [0.5, 0.6) is 5.75 Å². The molecule has 1 aliphatic carbocycles. The Morgan fingerprint density at radius 2 is 1.96 bits per heavy atom. The van der Waals surface area contributed by atoms with Crippen molar-refractivity contribution in [3.8, 4) is 5.75 Å². The number of carbonyl (C=O) groups excluding carboxylic acids is 1. The van der Waals surface area contributed by atoms with E-state index in [9.17, 15) is 20.0 Å². The number of hydrogen-bond acceptors (Lipinski definition) is 5. The molecule has 0 fully saturated rings. The van der Waals surface area contributed by atoms with Crippen LogP contribution in [0, 0.1) is 10.1 Å². The average molecular weight is 360 g/mol. The molecule has 25 heavy (non-hydrogen) atoms. The molecule has 0 saturated carbocycles. The number of rotatable bonds is 2. The van der Waals surface area contributed by atoms with E-state index in [0.29, 0.717) is 11.3 Å². The molecule has 0 saturated heterocycles. The Morgan fingerprint density at radius 3 is 2.60 bits per heavy atom. The van der Waals surface area contributed by atoms with Crippen molar-refractivity contribution in [2.24, 2.45) is 0 Å². The summed E-state index contributed by atoms with van der Waals surface area (Å²) in [6.07, 6.45) is 0. The number of alkyl halides is 1. The number of nitro groups is 1. The van der Waals surface area contributed by atoms with E-state index >= 15 is 0 Å². The van der Waals surface area contributed by atoms with Crippen LogP contribution in [0.3, 0.4) is 0 Å². The fourth-order valence-electron chi connectivity index (χ4n) is 3.58. The van der Waals surface area contributed by atoms with Crippen molar-refractivity contribution in [2.75, 3.05) is 0 Å². The number of aliphatic hydroxyl groups is 1. The van der Waals surface area contributed by atoms with Crippen molar-refractivity contribution in [3.63, 3.8) is 0 Å². The summed E-state index contributed by atoms with van der Waals surface area (Å²) >= 11 is 6.62. The van der Waals surface area contributed by atoms with Gasteiger partial charge in [-0.2, -0.15) is 0 Å². The molecule has 2 aliphatic rings. The van der Waals surface area contributed by atoms with Crippen molar-refractivity contribution in [2.45, 2.75) is 30.4 Å². The third-order valence-corrected chi connectivity index (χ3v) is 5.54. The van der Waals surface area contributed by atoms with Crippen LogP contribution in [0.1, 0.15) is 46.8 Å². The minimum absolute atomic E-state index is 0.0176. The van der Waals surface area contributed by atoms with Gasteiger partial charge in [-0.1, -0.05) is 49.7 Å². The Morgan fingerprint density at radius 1 is 1.24 bits per heavy atom. The Hall–Kier alpha value is -2.44. The molecule has 6 nitrogen and oxygen atoms in total. The van der Waals surface area contributed by atoms with E-state index < -0.39 is 27.1 Å². The van der Waals surface area contributed by atoms with Gasteiger partial charge in [0, 0.05) is 17.2 Å². The van der Waals surface area contributed by atoms with E-state index in [-0.39, 0.29) is 17.0 Å². The number of hydrogen-bond donors (Lipinski definition) is 1. The normalized spacial score (nSPS) is 26.2. The second kappa shape index (κ2) is 4.80. The lowest BCUT2D eigenvalue weighted by atomic mass is 9.90. The van der Waals surface area contributed by atoms with Gasteiger partial charge in [-0.25, -0.2) is 0 Å². The first-order chi connectivity index (χ1) is 11.7. The van der Waals surface area contributed by atoms with Crippen LogP contribution in [0.4, 0.5) is 5.69 Å². The van der Waals surface area contributed by atoms with Gasteiger partial charge >= 0.3 is 0 Å². The van der Waals surface area contributed by atoms with E-state index in [4.69, 9.17) is 16.3 Å². The van der Waals surface area contributed by atoms with Gasteiger partial charge < -0.3 is 9.84 Å². The van der Waals surface area contributed by atoms with Crippen LogP contribution in [-0.2, 0) is 10.7 Å². The zero-order valence-corrected chi connectivity index (χ0v) is 14.2. The molecule has 0 bridgehead atoms. The largest absolute Gasteiger partial charge is 0.455 e. The van der Waals surface area contributed by atoms with Gasteiger partial charge in [-0.15, -0.1) is 0 Å². The Labute approximate surface area is 148 Å². The number of benzene rings is 2. The lowest BCUT2D eigenvalue weighted by Gasteiger charge is -2.27. The molecule has 4 rings (SSSR count). The first-order valence-corrected chi connectivity index (χ1v) is 8.17. The minimum Gasteiger partial charge on any atom is -0.455 e. The molecular formula is C18H14ClNO5. The maximum Gasteiger partial charge on any atom is 0.280 e. The number of ketones is 1. The lowest BCUT2D eigenvalue weighted by molar-refractivity contribution is -0.385. The quantitative estimate of drug-likeness (QED) is 0.503. The van der Waals surface area contributed by atoms with Crippen LogP contribution in [0.25, 0.3) is 0 Å². The fraction of sp³-hybridized carbons (Fsp3) is 0.278. The van der Waals surface area contributed by atoms with E-state index in [2.05, 4.69) is 0 Å². The molecule has 2 aromatic rings. The fourth-order valence-corrected chi connectivity index (χ4v) is 3.97. The standard InChI is InChI=1S/C18H14ClNO5/c1-9(2)10-6-7-11-14(8-10)25-18(22)12-4-3-5-13(20(23)24)15(12)16(21)17(11,18)19/h3-9,22H,1-2H3. The average Bonchev–Trinajstić information content (AvgIpc) is 2.90. The van der Waals surface area contributed by atoms with Gasteiger partial charge in [0.15, 0.2) is 0 Å².